The number of hydrogen-bond acceptors (Lipinski definition) is 5. The van der Waals surface area contributed by atoms with E-state index in [1.165, 1.54) is 12.0 Å². The Balaban J connectivity index is 1.52. The number of aromatic nitrogens is 2. The first kappa shape index (κ1) is 16.1. The Morgan fingerprint density at radius 2 is 2.13 bits per heavy atom. The molecule has 0 spiro atoms. The summed E-state index contributed by atoms with van der Waals surface area (Å²) in [6.07, 6.45) is 4.59. The third-order valence-corrected chi connectivity index (χ3v) is 4.44. The zero-order valence-electron chi connectivity index (χ0n) is 13.7. The van der Waals surface area contributed by atoms with E-state index >= 15 is 0 Å². The molecule has 1 aliphatic rings. The summed E-state index contributed by atoms with van der Waals surface area (Å²) in [6, 6.07) is 10.8. The van der Waals surface area contributed by atoms with Gasteiger partial charge in [-0.2, -0.15) is 4.98 Å². The topological polar surface area (TPSA) is 62.4 Å². The predicted octanol–water partition coefficient (Wildman–Crippen LogP) is 2.59. The summed E-state index contributed by atoms with van der Waals surface area (Å²) >= 11 is 0. The van der Waals surface area contributed by atoms with E-state index in [0.717, 1.165) is 38.1 Å². The number of hydrogen-bond donors (Lipinski definition) is 1. The van der Waals surface area contributed by atoms with Crippen molar-refractivity contribution in [2.45, 2.75) is 57.7 Å². The Hall–Kier alpha value is -1.72. The number of benzene rings is 1. The fraction of sp³-hybridized carbons (Fsp3) is 0.556. The van der Waals surface area contributed by atoms with Gasteiger partial charge in [-0.3, -0.25) is 4.90 Å². The maximum atomic E-state index is 9.60. The van der Waals surface area contributed by atoms with E-state index < -0.39 is 0 Å². The van der Waals surface area contributed by atoms with Gasteiger partial charge in [0.15, 0.2) is 5.82 Å². The van der Waals surface area contributed by atoms with Crippen LogP contribution in [0, 0.1) is 0 Å². The summed E-state index contributed by atoms with van der Waals surface area (Å²) in [5.74, 6) is 1.46. The third-order valence-electron chi connectivity index (χ3n) is 4.44. The first-order chi connectivity index (χ1) is 11.2. The lowest BCUT2D eigenvalue weighted by Gasteiger charge is -2.23. The molecule has 0 amide bonds. The third kappa shape index (κ3) is 4.62. The molecule has 23 heavy (non-hydrogen) atoms. The highest BCUT2D eigenvalue weighted by Crippen LogP contribution is 2.23. The quantitative estimate of drug-likeness (QED) is 0.851. The Bertz CT molecular complexity index is 597. The zero-order chi connectivity index (χ0) is 16.1. The first-order valence-electron chi connectivity index (χ1n) is 8.48. The van der Waals surface area contributed by atoms with E-state index in [0.29, 0.717) is 18.5 Å². The minimum atomic E-state index is -0.260. The van der Waals surface area contributed by atoms with Crippen molar-refractivity contribution >= 4 is 0 Å². The van der Waals surface area contributed by atoms with Crippen molar-refractivity contribution in [2.75, 3.05) is 6.54 Å². The van der Waals surface area contributed by atoms with E-state index in [1.807, 2.05) is 25.1 Å². The van der Waals surface area contributed by atoms with Crippen LogP contribution in [0.4, 0.5) is 0 Å². The number of likely N-dealkylation sites (tertiary alicyclic amines) is 1. The molecule has 0 saturated carbocycles. The number of nitrogens with zero attached hydrogens (tertiary/aromatic N) is 3. The molecule has 0 aliphatic carbocycles. The van der Waals surface area contributed by atoms with E-state index in [-0.39, 0.29) is 6.10 Å². The van der Waals surface area contributed by atoms with Crippen LogP contribution in [0.25, 0.3) is 0 Å². The van der Waals surface area contributed by atoms with Crippen LogP contribution < -0.4 is 0 Å². The molecular formula is C18H25N3O2. The summed E-state index contributed by atoms with van der Waals surface area (Å²) in [5.41, 5.74) is 1.29. The molecule has 124 valence electrons. The number of aryl methyl sites for hydroxylation is 2. The highest BCUT2D eigenvalue weighted by atomic mass is 16.5. The average molecular weight is 315 g/mol. The van der Waals surface area contributed by atoms with Crippen molar-refractivity contribution < 1.29 is 9.63 Å². The Labute approximate surface area is 137 Å². The van der Waals surface area contributed by atoms with Gasteiger partial charge in [0.05, 0.1) is 12.6 Å². The summed E-state index contributed by atoms with van der Waals surface area (Å²) < 4.78 is 5.40. The summed E-state index contributed by atoms with van der Waals surface area (Å²) in [6.45, 7) is 3.58. The van der Waals surface area contributed by atoms with Crippen LogP contribution in [0.5, 0.6) is 0 Å². The van der Waals surface area contributed by atoms with Crippen LogP contribution in [-0.4, -0.2) is 38.8 Å². The lowest BCUT2D eigenvalue weighted by atomic mass is 10.1. The molecule has 5 heteroatoms. The van der Waals surface area contributed by atoms with Crippen molar-refractivity contribution in [2.24, 2.45) is 0 Å². The largest absolute Gasteiger partial charge is 0.393 e. The lowest BCUT2D eigenvalue weighted by molar-refractivity contribution is 0.124. The molecule has 2 unspecified atom stereocenters. The first-order valence-corrected chi connectivity index (χ1v) is 8.48. The zero-order valence-corrected chi connectivity index (χ0v) is 13.7. The SMILES string of the molecule is CC(O)CC1CCCN1Cc1nc(CCc2ccccc2)no1. The van der Waals surface area contributed by atoms with E-state index in [2.05, 4.69) is 27.2 Å². The molecule has 5 nitrogen and oxygen atoms in total. The molecule has 1 aromatic heterocycles. The van der Waals surface area contributed by atoms with Gasteiger partial charge in [-0.1, -0.05) is 35.5 Å². The Morgan fingerprint density at radius 1 is 1.30 bits per heavy atom. The van der Waals surface area contributed by atoms with Crippen LogP contribution in [0.15, 0.2) is 34.9 Å². The van der Waals surface area contributed by atoms with E-state index in [9.17, 15) is 5.11 Å². The number of aliphatic hydroxyl groups excluding tert-OH is 1. The predicted molar refractivity (Wildman–Crippen MR) is 87.9 cm³/mol. The maximum Gasteiger partial charge on any atom is 0.240 e. The fourth-order valence-corrected chi connectivity index (χ4v) is 3.29. The molecule has 3 rings (SSSR count). The normalized spacial score (nSPS) is 20.0. The summed E-state index contributed by atoms with van der Waals surface area (Å²) in [4.78, 5) is 6.87. The molecule has 1 aromatic carbocycles. The Morgan fingerprint density at radius 3 is 2.91 bits per heavy atom. The number of rotatable bonds is 7. The molecule has 2 atom stereocenters. The van der Waals surface area contributed by atoms with Crippen molar-refractivity contribution in [1.29, 1.82) is 0 Å². The monoisotopic (exact) mass is 315 g/mol. The smallest absolute Gasteiger partial charge is 0.240 e. The van der Waals surface area contributed by atoms with E-state index in [1.54, 1.807) is 0 Å². The fourth-order valence-electron chi connectivity index (χ4n) is 3.29. The molecule has 2 heterocycles. The average Bonchev–Trinajstić information content (AvgIpc) is 3.16. The summed E-state index contributed by atoms with van der Waals surface area (Å²) in [7, 11) is 0. The van der Waals surface area contributed by atoms with Crippen molar-refractivity contribution in [3.05, 3.63) is 47.6 Å². The molecule has 1 saturated heterocycles. The lowest BCUT2D eigenvalue weighted by Crippen LogP contribution is -2.31. The maximum absolute atomic E-state index is 9.60. The van der Waals surface area contributed by atoms with Gasteiger partial charge in [0.1, 0.15) is 0 Å². The summed E-state index contributed by atoms with van der Waals surface area (Å²) in [5, 5.41) is 13.7. The molecule has 0 bridgehead atoms. The molecule has 1 N–H and O–H groups in total. The number of aliphatic hydroxyl groups is 1. The van der Waals surface area contributed by atoms with Gasteiger partial charge in [0.25, 0.3) is 0 Å². The van der Waals surface area contributed by atoms with Gasteiger partial charge in [0, 0.05) is 12.5 Å². The van der Waals surface area contributed by atoms with Gasteiger partial charge < -0.3 is 9.63 Å². The van der Waals surface area contributed by atoms with Crippen LogP contribution in [0.3, 0.4) is 0 Å². The molecular weight excluding hydrogens is 290 g/mol. The van der Waals surface area contributed by atoms with Crippen molar-refractivity contribution in [3.8, 4) is 0 Å². The molecule has 0 radical (unpaired) electrons. The van der Waals surface area contributed by atoms with Crippen LogP contribution >= 0.6 is 0 Å². The van der Waals surface area contributed by atoms with Gasteiger partial charge in [0.2, 0.25) is 5.89 Å². The van der Waals surface area contributed by atoms with Gasteiger partial charge >= 0.3 is 0 Å². The molecule has 1 aliphatic heterocycles. The minimum Gasteiger partial charge on any atom is -0.393 e. The second kappa shape index (κ2) is 7.70. The van der Waals surface area contributed by atoms with Crippen LogP contribution in [0.1, 0.15) is 43.5 Å². The Kier molecular flexibility index (Phi) is 5.41. The second-order valence-corrected chi connectivity index (χ2v) is 6.44. The highest BCUT2D eigenvalue weighted by molar-refractivity contribution is 5.15. The van der Waals surface area contributed by atoms with Gasteiger partial charge in [-0.25, -0.2) is 0 Å². The highest BCUT2D eigenvalue weighted by Gasteiger charge is 2.27. The second-order valence-electron chi connectivity index (χ2n) is 6.44. The van der Waals surface area contributed by atoms with Gasteiger partial charge in [-0.15, -0.1) is 0 Å². The standard InChI is InChI=1S/C18H25N3O2/c1-14(22)12-16-8-5-11-21(16)13-18-19-17(20-23-18)10-9-15-6-3-2-4-7-15/h2-4,6-7,14,16,22H,5,8-13H2,1H3. The molecule has 1 fully saturated rings. The van der Waals surface area contributed by atoms with Gasteiger partial charge in [-0.05, 0) is 44.7 Å². The minimum absolute atomic E-state index is 0.260. The van der Waals surface area contributed by atoms with Crippen molar-refractivity contribution in [3.63, 3.8) is 0 Å². The van der Waals surface area contributed by atoms with Crippen LogP contribution in [-0.2, 0) is 19.4 Å². The van der Waals surface area contributed by atoms with E-state index in [4.69, 9.17) is 4.52 Å². The van der Waals surface area contributed by atoms with Crippen molar-refractivity contribution in [1.82, 2.24) is 15.0 Å². The molecule has 2 aromatic rings. The van der Waals surface area contributed by atoms with Crippen LogP contribution in [0.2, 0.25) is 0 Å².